The molecule has 1 heterocycles. The molecule has 1 aromatic heterocycles. The van der Waals surface area contributed by atoms with Gasteiger partial charge < -0.3 is 0 Å². The van der Waals surface area contributed by atoms with Crippen molar-refractivity contribution in [2.45, 2.75) is 5.51 Å². The quantitative estimate of drug-likeness (QED) is 0.731. The van der Waals surface area contributed by atoms with Crippen molar-refractivity contribution >= 4 is 37.5 Å². The highest BCUT2D eigenvalue weighted by Gasteiger charge is 2.46. The van der Waals surface area contributed by atoms with E-state index >= 15 is 0 Å². The zero-order chi connectivity index (χ0) is 16.0. The predicted octanol–water partition coefficient (Wildman–Crippen LogP) is 3.65. The Kier molecular flexibility index (Phi) is 3.21. The molecular formula is C14H9F3N2O2S. The molecule has 0 aliphatic carbocycles. The topological polar surface area (TPSA) is 59.1 Å². The molecule has 0 fully saturated rings. The lowest BCUT2D eigenvalue weighted by molar-refractivity contribution is -0.0429. The second-order valence-electron chi connectivity index (χ2n) is 4.60. The summed E-state index contributed by atoms with van der Waals surface area (Å²) in [4.78, 5) is 4.31. The number of nitrogens with one attached hydrogen (secondary N) is 1. The van der Waals surface area contributed by atoms with Crippen LogP contribution in [0.1, 0.15) is 0 Å². The first-order chi connectivity index (χ1) is 10.3. The third-order valence-corrected chi connectivity index (χ3v) is 4.21. The highest BCUT2D eigenvalue weighted by Crippen LogP contribution is 2.30. The number of hydrogen-bond acceptors (Lipinski definition) is 3. The number of sulfonamides is 1. The van der Waals surface area contributed by atoms with Crippen molar-refractivity contribution in [3.05, 3.63) is 48.5 Å². The normalized spacial score (nSPS) is 12.7. The van der Waals surface area contributed by atoms with Crippen LogP contribution in [0.25, 0.3) is 21.8 Å². The van der Waals surface area contributed by atoms with E-state index in [-0.39, 0.29) is 5.69 Å². The van der Waals surface area contributed by atoms with Gasteiger partial charge in [-0.2, -0.15) is 21.6 Å². The third-order valence-electron chi connectivity index (χ3n) is 3.11. The van der Waals surface area contributed by atoms with E-state index in [1.54, 1.807) is 41.1 Å². The van der Waals surface area contributed by atoms with Crippen molar-refractivity contribution in [1.29, 1.82) is 0 Å². The van der Waals surface area contributed by atoms with E-state index in [1.807, 2.05) is 0 Å². The van der Waals surface area contributed by atoms with Gasteiger partial charge in [0.2, 0.25) is 0 Å². The number of fused-ring (bicyclic) bond motifs is 2. The highest BCUT2D eigenvalue weighted by molar-refractivity contribution is 7.93. The van der Waals surface area contributed by atoms with Gasteiger partial charge >= 0.3 is 15.5 Å². The van der Waals surface area contributed by atoms with Gasteiger partial charge in [0.15, 0.2) is 0 Å². The standard InChI is InChI=1S/C14H9F3N2O2S/c15-14(16,17)22(20,21)19-13-7-3-6-12-10(13)8-9-4-1-2-5-11(9)18-12/h1-8,19H. The first-order valence-electron chi connectivity index (χ1n) is 6.15. The van der Waals surface area contributed by atoms with Crippen LogP contribution in [0, 0.1) is 0 Å². The molecule has 22 heavy (non-hydrogen) atoms. The summed E-state index contributed by atoms with van der Waals surface area (Å²) < 4.78 is 61.6. The molecule has 114 valence electrons. The molecule has 0 bridgehead atoms. The van der Waals surface area contributed by atoms with Crippen LogP contribution in [0.2, 0.25) is 0 Å². The van der Waals surface area contributed by atoms with Crippen molar-refractivity contribution in [1.82, 2.24) is 4.98 Å². The van der Waals surface area contributed by atoms with Crippen LogP contribution >= 0.6 is 0 Å². The van der Waals surface area contributed by atoms with Gasteiger partial charge in [0.05, 0.1) is 16.7 Å². The molecule has 0 atom stereocenters. The molecule has 0 saturated carbocycles. The Hall–Kier alpha value is -2.35. The Morgan fingerprint density at radius 3 is 2.36 bits per heavy atom. The van der Waals surface area contributed by atoms with Gasteiger partial charge in [0.25, 0.3) is 0 Å². The van der Waals surface area contributed by atoms with E-state index in [1.165, 1.54) is 12.1 Å². The summed E-state index contributed by atoms with van der Waals surface area (Å²) in [5.74, 6) is 0. The summed E-state index contributed by atoms with van der Waals surface area (Å²) in [6, 6.07) is 13.0. The van der Waals surface area contributed by atoms with Crippen molar-refractivity contribution < 1.29 is 21.6 Å². The smallest absolute Gasteiger partial charge is 0.275 e. The molecule has 1 N–H and O–H groups in total. The van der Waals surface area contributed by atoms with E-state index in [0.29, 0.717) is 21.8 Å². The van der Waals surface area contributed by atoms with E-state index in [9.17, 15) is 21.6 Å². The monoisotopic (exact) mass is 326 g/mol. The second kappa shape index (κ2) is 4.84. The number of alkyl halides is 3. The van der Waals surface area contributed by atoms with Crippen molar-refractivity contribution in [2.24, 2.45) is 0 Å². The Morgan fingerprint density at radius 1 is 0.955 bits per heavy atom. The number of hydrogen-bond donors (Lipinski definition) is 1. The average molecular weight is 326 g/mol. The molecule has 8 heteroatoms. The number of para-hydroxylation sites is 1. The van der Waals surface area contributed by atoms with Gasteiger partial charge in [0, 0.05) is 10.8 Å². The number of nitrogens with zero attached hydrogens (tertiary/aromatic N) is 1. The lowest BCUT2D eigenvalue weighted by Gasteiger charge is -2.12. The highest BCUT2D eigenvalue weighted by atomic mass is 32.2. The lowest BCUT2D eigenvalue weighted by Crippen LogP contribution is -2.29. The molecule has 3 aromatic rings. The molecule has 0 unspecified atom stereocenters. The molecule has 0 spiro atoms. The minimum atomic E-state index is -5.47. The molecule has 3 rings (SSSR count). The average Bonchev–Trinajstić information content (AvgIpc) is 2.44. The molecule has 4 nitrogen and oxygen atoms in total. The minimum Gasteiger partial charge on any atom is -0.275 e. The number of halogens is 3. The van der Waals surface area contributed by atoms with Crippen molar-refractivity contribution in [2.75, 3.05) is 4.72 Å². The zero-order valence-electron chi connectivity index (χ0n) is 10.9. The Morgan fingerprint density at radius 2 is 1.64 bits per heavy atom. The van der Waals surface area contributed by atoms with E-state index in [4.69, 9.17) is 0 Å². The number of benzene rings is 2. The van der Waals surface area contributed by atoms with Crippen LogP contribution in [0.4, 0.5) is 18.9 Å². The predicted molar refractivity (Wildman–Crippen MR) is 77.8 cm³/mol. The van der Waals surface area contributed by atoms with Gasteiger partial charge in [-0.05, 0) is 24.3 Å². The van der Waals surface area contributed by atoms with Crippen LogP contribution < -0.4 is 4.72 Å². The fourth-order valence-electron chi connectivity index (χ4n) is 2.09. The Labute approximate surface area is 123 Å². The summed E-state index contributed by atoms with van der Waals surface area (Å²) in [6.07, 6.45) is 0. The molecule has 2 aromatic carbocycles. The van der Waals surface area contributed by atoms with Crippen LogP contribution in [0.3, 0.4) is 0 Å². The van der Waals surface area contributed by atoms with E-state index in [2.05, 4.69) is 4.98 Å². The summed E-state index contributed by atoms with van der Waals surface area (Å²) in [7, 11) is -5.47. The van der Waals surface area contributed by atoms with E-state index < -0.39 is 15.5 Å². The van der Waals surface area contributed by atoms with Crippen molar-refractivity contribution in [3.8, 4) is 0 Å². The molecule has 0 radical (unpaired) electrons. The minimum absolute atomic E-state index is 0.159. The number of anilines is 1. The zero-order valence-corrected chi connectivity index (χ0v) is 11.7. The SMILES string of the molecule is O=S(=O)(Nc1cccc2nc3ccccc3cc12)C(F)(F)F. The van der Waals surface area contributed by atoms with Crippen LogP contribution in [-0.2, 0) is 10.0 Å². The molecule has 0 aliphatic rings. The Bertz CT molecular complexity index is 969. The Balaban J connectivity index is 2.20. The van der Waals surface area contributed by atoms with Gasteiger partial charge in [0.1, 0.15) is 0 Å². The van der Waals surface area contributed by atoms with Gasteiger partial charge in [-0.25, -0.2) is 4.98 Å². The van der Waals surface area contributed by atoms with Gasteiger partial charge in [-0.1, -0.05) is 24.3 Å². The fourth-order valence-corrected chi connectivity index (χ4v) is 2.67. The molecule has 0 aliphatic heterocycles. The first kappa shape index (κ1) is 14.6. The maximum absolute atomic E-state index is 12.5. The van der Waals surface area contributed by atoms with Crippen LogP contribution in [0.15, 0.2) is 48.5 Å². The third kappa shape index (κ3) is 2.45. The van der Waals surface area contributed by atoms with Gasteiger partial charge in [-0.3, -0.25) is 4.72 Å². The van der Waals surface area contributed by atoms with Gasteiger partial charge in [-0.15, -0.1) is 0 Å². The number of rotatable bonds is 2. The largest absolute Gasteiger partial charge is 0.516 e. The second-order valence-corrected chi connectivity index (χ2v) is 6.28. The molecule has 0 saturated heterocycles. The number of aromatic nitrogens is 1. The van der Waals surface area contributed by atoms with E-state index in [0.717, 1.165) is 0 Å². The summed E-state index contributed by atoms with van der Waals surface area (Å²) in [6.45, 7) is 0. The maximum atomic E-state index is 12.5. The van der Waals surface area contributed by atoms with Crippen LogP contribution in [0.5, 0.6) is 0 Å². The van der Waals surface area contributed by atoms with Crippen molar-refractivity contribution in [3.63, 3.8) is 0 Å². The summed E-state index contributed by atoms with van der Waals surface area (Å²) in [5, 5.41) is 1.00. The first-order valence-corrected chi connectivity index (χ1v) is 7.64. The number of pyridine rings is 1. The molecule has 0 amide bonds. The maximum Gasteiger partial charge on any atom is 0.516 e. The van der Waals surface area contributed by atoms with Crippen LogP contribution in [-0.4, -0.2) is 18.9 Å². The molecular weight excluding hydrogens is 317 g/mol. The lowest BCUT2D eigenvalue weighted by atomic mass is 10.1. The summed E-state index contributed by atoms with van der Waals surface area (Å²) >= 11 is 0. The fraction of sp³-hybridized carbons (Fsp3) is 0.0714. The summed E-state index contributed by atoms with van der Waals surface area (Å²) in [5.41, 5.74) is -4.46.